The summed E-state index contributed by atoms with van der Waals surface area (Å²) >= 11 is 6.51. The van der Waals surface area contributed by atoms with E-state index in [1.165, 1.54) is 54.0 Å². The Hall–Kier alpha value is -2.82. The van der Waals surface area contributed by atoms with E-state index in [-0.39, 0.29) is 45.0 Å². The number of halogens is 2. The lowest BCUT2D eigenvalue weighted by Crippen LogP contribution is -2.28. The monoisotopic (exact) mass is 620 g/mol. The van der Waals surface area contributed by atoms with Gasteiger partial charge in [0.05, 0.1) is 16.5 Å². The molecule has 1 saturated carbocycles. The third-order valence-electron chi connectivity index (χ3n) is 7.26. The summed E-state index contributed by atoms with van der Waals surface area (Å²) in [6, 6.07) is 9.51. The van der Waals surface area contributed by atoms with Crippen LogP contribution in [0.15, 0.2) is 53.5 Å². The predicted molar refractivity (Wildman–Crippen MR) is 163 cm³/mol. The summed E-state index contributed by atoms with van der Waals surface area (Å²) in [6.07, 6.45) is 3.46. The Kier molecular flexibility index (Phi) is 8.97. The van der Waals surface area contributed by atoms with Crippen LogP contribution in [0, 0.1) is 11.7 Å². The molecule has 0 spiro atoms. The predicted octanol–water partition coefficient (Wildman–Crippen LogP) is 5.88. The van der Waals surface area contributed by atoms with E-state index in [0.717, 1.165) is 12.8 Å². The molecule has 11 heteroatoms. The lowest BCUT2D eigenvalue weighted by Gasteiger charge is -2.26. The summed E-state index contributed by atoms with van der Waals surface area (Å²) in [5.41, 5.74) is 1.73. The second-order valence-corrected chi connectivity index (χ2v) is 16.0. The molecule has 1 N–H and O–H groups in total. The van der Waals surface area contributed by atoms with Gasteiger partial charge in [0.1, 0.15) is 5.82 Å². The van der Waals surface area contributed by atoms with E-state index < -0.39 is 37.2 Å². The number of benzene rings is 2. The van der Waals surface area contributed by atoms with Crippen LogP contribution in [0.4, 0.5) is 10.1 Å². The molecule has 0 aliphatic heterocycles. The van der Waals surface area contributed by atoms with Crippen molar-refractivity contribution in [2.24, 2.45) is 13.0 Å². The van der Waals surface area contributed by atoms with E-state index in [1.807, 2.05) is 20.8 Å². The van der Waals surface area contributed by atoms with Gasteiger partial charge in [-0.3, -0.25) is 18.5 Å². The highest BCUT2D eigenvalue weighted by molar-refractivity contribution is 7.92. The number of anilines is 1. The van der Waals surface area contributed by atoms with Gasteiger partial charge >= 0.3 is 0 Å². The Labute approximate surface area is 247 Å². The van der Waals surface area contributed by atoms with Crippen LogP contribution in [0.2, 0.25) is 5.02 Å². The molecule has 0 bridgehead atoms. The Balaban J connectivity index is 1.99. The minimum Gasteiger partial charge on any atom is -0.318 e. The second-order valence-electron chi connectivity index (χ2n) is 11.4. The van der Waals surface area contributed by atoms with Crippen molar-refractivity contribution in [1.82, 2.24) is 4.57 Å². The van der Waals surface area contributed by atoms with Crippen molar-refractivity contribution < 1.29 is 21.8 Å². The molecule has 2 atom stereocenters. The molecule has 7 nitrogen and oxygen atoms in total. The van der Waals surface area contributed by atoms with Crippen molar-refractivity contribution in [3.05, 3.63) is 86.5 Å². The van der Waals surface area contributed by atoms with Crippen LogP contribution in [-0.2, 0) is 27.9 Å². The Morgan fingerprint density at radius 2 is 1.78 bits per heavy atom. The fraction of sp³-hybridized carbons (Fsp3) is 0.400. The lowest BCUT2D eigenvalue weighted by atomic mass is 9.86. The molecule has 1 fully saturated rings. The molecule has 1 heterocycles. The molecule has 41 heavy (non-hydrogen) atoms. The zero-order valence-electron chi connectivity index (χ0n) is 23.7. The minimum absolute atomic E-state index is 0.00943. The third-order valence-corrected chi connectivity index (χ3v) is 10.9. The molecule has 220 valence electrons. The van der Waals surface area contributed by atoms with Crippen molar-refractivity contribution in [3.63, 3.8) is 0 Å². The zero-order valence-corrected chi connectivity index (χ0v) is 26.1. The number of hydrogen-bond acceptors (Lipinski definition) is 5. The number of hydrogen-bond donors (Lipinski definition) is 1. The van der Waals surface area contributed by atoms with E-state index in [2.05, 4.69) is 4.72 Å². The normalized spacial score (nSPS) is 15.4. The number of nitrogens with zero attached hydrogens (tertiary/aromatic N) is 1. The number of aromatic nitrogens is 1. The SMILES string of the molecule is CCS(=O)(=O)Nc1cc(-c2cn(C)c(=O)cc2[C@@H](C[S@@](=O)C(C)(C)C)C2CC2)c(C(=O)c2ccc(F)cc2)cc1Cl. The first kappa shape index (κ1) is 31.1. The van der Waals surface area contributed by atoms with Gasteiger partial charge in [0.25, 0.3) is 5.56 Å². The molecule has 0 unspecified atom stereocenters. The molecule has 2 aromatic carbocycles. The van der Waals surface area contributed by atoms with Gasteiger partial charge in [-0.2, -0.15) is 0 Å². The van der Waals surface area contributed by atoms with Crippen LogP contribution < -0.4 is 10.3 Å². The summed E-state index contributed by atoms with van der Waals surface area (Å²) in [4.78, 5) is 26.8. The first-order valence-electron chi connectivity index (χ1n) is 13.3. The summed E-state index contributed by atoms with van der Waals surface area (Å²) < 4.78 is 55.3. The minimum atomic E-state index is -3.72. The molecule has 0 amide bonds. The molecule has 1 aliphatic carbocycles. The number of carbonyl (C=O) groups is 1. The fourth-order valence-corrected chi connectivity index (χ4v) is 6.82. The Morgan fingerprint density at radius 1 is 1.15 bits per heavy atom. The number of pyridine rings is 1. The van der Waals surface area contributed by atoms with Gasteiger partial charge in [0.15, 0.2) is 5.78 Å². The highest BCUT2D eigenvalue weighted by atomic mass is 35.5. The van der Waals surface area contributed by atoms with Gasteiger partial charge in [-0.15, -0.1) is 0 Å². The molecule has 1 aliphatic rings. The van der Waals surface area contributed by atoms with Gasteiger partial charge in [-0.25, -0.2) is 12.8 Å². The molecule has 4 rings (SSSR count). The summed E-state index contributed by atoms with van der Waals surface area (Å²) in [5.74, 6) is -0.815. The molecule has 0 saturated heterocycles. The number of aryl methyl sites for hydroxylation is 1. The average Bonchev–Trinajstić information content (AvgIpc) is 3.74. The van der Waals surface area contributed by atoms with Crippen LogP contribution in [0.25, 0.3) is 11.1 Å². The summed E-state index contributed by atoms with van der Waals surface area (Å²) in [5, 5.41) is 0.00943. The van der Waals surface area contributed by atoms with Crippen LogP contribution in [0.5, 0.6) is 0 Å². The number of rotatable bonds is 10. The Bertz CT molecular complexity index is 1670. The first-order valence-corrected chi connectivity index (χ1v) is 16.7. The molecule has 3 aromatic rings. The van der Waals surface area contributed by atoms with Gasteiger partial charge in [-0.05, 0) is 99.9 Å². The van der Waals surface area contributed by atoms with Crippen molar-refractivity contribution >= 4 is 43.9 Å². The maximum Gasteiger partial charge on any atom is 0.250 e. The topological polar surface area (TPSA) is 102 Å². The molecular weight excluding hydrogens is 587 g/mol. The molecule has 1 aromatic heterocycles. The van der Waals surface area contributed by atoms with E-state index in [4.69, 9.17) is 11.6 Å². The maximum atomic E-state index is 13.8. The number of sulfonamides is 1. The van der Waals surface area contributed by atoms with E-state index in [9.17, 15) is 26.6 Å². The van der Waals surface area contributed by atoms with Crippen molar-refractivity contribution in [1.29, 1.82) is 0 Å². The van der Waals surface area contributed by atoms with Gasteiger partial charge in [-0.1, -0.05) is 11.6 Å². The highest BCUT2D eigenvalue weighted by Crippen LogP contribution is 2.47. The lowest BCUT2D eigenvalue weighted by molar-refractivity contribution is 0.103. The smallest absolute Gasteiger partial charge is 0.250 e. The van der Waals surface area contributed by atoms with Crippen LogP contribution in [0.3, 0.4) is 0 Å². The average molecular weight is 621 g/mol. The standard InChI is InChI=1S/C30H34ClFN2O5S2/c1-6-41(38,39)33-27-14-21(23(13-26(27)31)29(36)19-9-11-20(32)12-10-19)24-16-34(5)28(35)15-22(24)25(18-7-8-18)17-40(37)30(2,3)4/h9-16,18,25,33H,6-8,17H2,1-5H3/t25-,40+/m0/s1. The van der Waals surface area contributed by atoms with Gasteiger partial charge in [0.2, 0.25) is 10.0 Å². The van der Waals surface area contributed by atoms with Crippen molar-refractivity contribution in [2.45, 2.75) is 51.2 Å². The van der Waals surface area contributed by atoms with Crippen molar-refractivity contribution in [3.8, 4) is 11.1 Å². The van der Waals surface area contributed by atoms with E-state index >= 15 is 0 Å². The quantitative estimate of drug-likeness (QED) is 0.285. The molecular formula is C30H34ClFN2O5S2. The summed E-state index contributed by atoms with van der Waals surface area (Å²) in [6.45, 7) is 7.21. The van der Waals surface area contributed by atoms with Crippen molar-refractivity contribution in [2.75, 3.05) is 16.2 Å². The van der Waals surface area contributed by atoms with Crippen LogP contribution in [0.1, 0.15) is 67.9 Å². The van der Waals surface area contributed by atoms with Crippen LogP contribution in [-0.4, -0.2) is 39.2 Å². The third kappa shape index (κ3) is 7.16. The van der Waals surface area contributed by atoms with E-state index in [1.54, 1.807) is 13.2 Å². The number of nitrogens with one attached hydrogen (secondary N) is 1. The number of ketones is 1. The summed E-state index contributed by atoms with van der Waals surface area (Å²) in [7, 11) is -3.35. The Morgan fingerprint density at radius 3 is 2.34 bits per heavy atom. The first-order chi connectivity index (χ1) is 19.1. The van der Waals surface area contributed by atoms with Crippen LogP contribution >= 0.6 is 11.6 Å². The maximum absolute atomic E-state index is 13.8. The molecule has 0 radical (unpaired) electrons. The zero-order chi connectivity index (χ0) is 30.3. The van der Waals surface area contributed by atoms with Gasteiger partial charge < -0.3 is 4.57 Å². The van der Waals surface area contributed by atoms with E-state index in [0.29, 0.717) is 22.4 Å². The number of carbonyl (C=O) groups excluding carboxylic acids is 1. The second kappa shape index (κ2) is 11.8. The highest BCUT2D eigenvalue weighted by Gasteiger charge is 2.37. The van der Waals surface area contributed by atoms with Gasteiger partial charge in [0, 0.05) is 57.3 Å². The largest absolute Gasteiger partial charge is 0.318 e. The fourth-order valence-electron chi connectivity index (χ4n) is 4.63.